The third-order valence-electron chi connectivity index (χ3n) is 5.20. The molecular formula is C24H28N2O5. The number of nitrogens with one attached hydrogen (secondary N) is 2. The molecule has 0 aliphatic heterocycles. The highest BCUT2D eigenvalue weighted by molar-refractivity contribution is 5.88. The van der Waals surface area contributed by atoms with Gasteiger partial charge in [-0.25, -0.2) is 0 Å². The molecule has 0 saturated carbocycles. The van der Waals surface area contributed by atoms with Gasteiger partial charge in [-0.15, -0.1) is 0 Å². The number of aryl methyl sites for hydroxylation is 1. The standard InChI is InChI=1S/C24H28N2O5/c1-14-20-13-19(30-5)9-10-22(20)31-23(14)15(2)25-24(28)21(26-16(3)27)12-17-7-6-8-18(11-17)29-4/h6-11,13,15,21H,12H2,1-5H3,(H,25,28)(H,26,27). The fourth-order valence-corrected chi connectivity index (χ4v) is 3.63. The molecule has 3 aromatic rings. The van der Waals surface area contributed by atoms with E-state index in [2.05, 4.69) is 10.6 Å². The number of hydrogen-bond acceptors (Lipinski definition) is 5. The second kappa shape index (κ2) is 9.55. The number of rotatable bonds is 8. The number of benzene rings is 2. The van der Waals surface area contributed by atoms with Crippen LogP contribution in [0.2, 0.25) is 0 Å². The summed E-state index contributed by atoms with van der Waals surface area (Å²) >= 11 is 0. The molecule has 2 aromatic carbocycles. The van der Waals surface area contributed by atoms with Crippen LogP contribution in [-0.4, -0.2) is 32.1 Å². The number of ether oxygens (including phenoxy) is 2. The summed E-state index contributed by atoms with van der Waals surface area (Å²) in [5, 5.41) is 6.65. The lowest BCUT2D eigenvalue weighted by Gasteiger charge is -2.21. The van der Waals surface area contributed by atoms with Crippen LogP contribution in [0, 0.1) is 6.92 Å². The third kappa shape index (κ3) is 5.17. The van der Waals surface area contributed by atoms with E-state index >= 15 is 0 Å². The van der Waals surface area contributed by atoms with Crippen LogP contribution in [0.25, 0.3) is 11.0 Å². The normalized spacial score (nSPS) is 12.8. The molecule has 0 bridgehead atoms. The summed E-state index contributed by atoms with van der Waals surface area (Å²) in [7, 11) is 3.20. The summed E-state index contributed by atoms with van der Waals surface area (Å²) in [6, 6.07) is 11.9. The van der Waals surface area contributed by atoms with Crippen LogP contribution >= 0.6 is 0 Å². The molecule has 2 unspecified atom stereocenters. The summed E-state index contributed by atoms with van der Waals surface area (Å²) in [4.78, 5) is 24.7. The molecule has 1 aromatic heterocycles. The average Bonchev–Trinajstić information content (AvgIpc) is 3.09. The van der Waals surface area contributed by atoms with E-state index in [1.807, 2.05) is 56.3 Å². The number of methoxy groups -OCH3 is 2. The highest BCUT2D eigenvalue weighted by Gasteiger charge is 2.25. The van der Waals surface area contributed by atoms with Gasteiger partial charge in [0.15, 0.2) is 0 Å². The van der Waals surface area contributed by atoms with Gasteiger partial charge in [0.1, 0.15) is 28.9 Å². The van der Waals surface area contributed by atoms with E-state index in [0.717, 1.165) is 27.8 Å². The van der Waals surface area contributed by atoms with Crippen LogP contribution in [0.15, 0.2) is 46.9 Å². The van der Waals surface area contributed by atoms with Gasteiger partial charge in [0.05, 0.1) is 20.3 Å². The Balaban J connectivity index is 1.79. The van der Waals surface area contributed by atoms with E-state index < -0.39 is 6.04 Å². The minimum Gasteiger partial charge on any atom is -0.497 e. The van der Waals surface area contributed by atoms with Gasteiger partial charge in [0.2, 0.25) is 11.8 Å². The maximum absolute atomic E-state index is 13.0. The average molecular weight is 424 g/mol. The predicted octanol–water partition coefficient (Wildman–Crippen LogP) is 3.68. The van der Waals surface area contributed by atoms with Gasteiger partial charge in [0.25, 0.3) is 0 Å². The second-order valence-electron chi connectivity index (χ2n) is 7.49. The molecule has 164 valence electrons. The molecule has 7 heteroatoms. The van der Waals surface area contributed by atoms with E-state index in [9.17, 15) is 9.59 Å². The zero-order valence-electron chi connectivity index (χ0n) is 18.4. The quantitative estimate of drug-likeness (QED) is 0.576. The van der Waals surface area contributed by atoms with E-state index in [-0.39, 0.29) is 17.9 Å². The molecule has 0 saturated heterocycles. The molecule has 0 fully saturated rings. The Bertz CT molecular complexity index is 1090. The number of fused-ring (bicyclic) bond motifs is 1. The number of furan rings is 1. The number of amides is 2. The van der Waals surface area contributed by atoms with E-state index in [4.69, 9.17) is 13.9 Å². The summed E-state index contributed by atoms with van der Waals surface area (Å²) in [5.41, 5.74) is 2.54. The largest absolute Gasteiger partial charge is 0.497 e. The number of hydrogen-bond donors (Lipinski definition) is 2. The molecule has 0 spiro atoms. The molecular weight excluding hydrogens is 396 g/mol. The van der Waals surface area contributed by atoms with E-state index in [1.54, 1.807) is 14.2 Å². The minimum atomic E-state index is -0.725. The molecule has 1 heterocycles. The first-order chi connectivity index (χ1) is 14.8. The highest BCUT2D eigenvalue weighted by Crippen LogP contribution is 2.32. The fourth-order valence-electron chi connectivity index (χ4n) is 3.63. The van der Waals surface area contributed by atoms with Gasteiger partial charge < -0.3 is 24.5 Å². The Morgan fingerprint density at radius 1 is 1.03 bits per heavy atom. The van der Waals surface area contributed by atoms with Crippen LogP contribution in [0.5, 0.6) is 11.5 Å². The zero-order chi connectivity index (χ0) is 22.5. The molecule has 0 aliphatic carbocycles. The molecule has 3 rings (SSSR count). The Hall–Kier alpha value is -3.48. The molecule has 0 aliphatic rings. The van der Waals surface area contributed by atoms with Crippen molar-refractivity contribution in [2.75, 3.05) is 14.2 Å². The van der Waals surface area contributed by atoms with Crippen molar-refractivity contribution >= 4 is 22.8 Å². The molecule has 31 heavy (non-hydrogen) atoms. The maximum atomic E-state index is 13.0. The van der Waals surface area contributed by atoms with Gasteiger partial charge in [0, 0.05) is 24.3 Å². The van der Waals surface area contributed by atoms with Crippen LogP contribution in [0.1, 0.15) is 36.8 Å². The predicted molar refractivity (Wildman–Crippen MR) is 118 cm³/mol. The fraction of sp³-hybridized carbons (Fsp3) is 0.333. The highest BCUT2D eigenvalue weighted by atomic mass is 16.5. The van der Waals surface area contributed by atoms with Crippen molar-refractivity contribution in [2.24, 2.45) is 0 Å². The Morgan fingerprint density at radius 2 is 1.74 bits per heavy atom. The van der Waals surface area contributed by atoms with Crippen LogP contribution in [0.3, 0.4) is 0 Å². The molecule has 2 N–H and O–H groups in total. The summed E-state index contributed by atoms with van der Waals surface area (Å²) < 4.78 is 16.5. The van der Waals surface area contributed by atoms with Gasteiger partial charge >= 0.3 is 0 Å². The minimum absolute atomic E-state index is 0.275. The monoisotopic (exact) mass is 424 g/mol. The number of carbonyl (C=O) groups excluding carboxylic acids is 2. The van der Waals surface area contributed by atoms with Gasteiger partial charge in [-0.3, -0.25) is 9.59 Å². The molecule has 2 atom stereocenters. The first-order valence-electron chi connectivity index (χ1n) is 10.1. The van der Waals surface area contributed by atoms with Crippen LogP contribution in [-0.2, 0) is 16.0 Å². The lowest BCUT2D eigenvalue weighted by molar-refractivity contribution is -0.128. The van der Waals surface area contributed by atoms with Crippen molar-refractivity contribution < 1.29 is 23.5 Å². The lowest BCUT2D eigenvalue weighted by atomic mass is 10.0. The van der Waals surface area contributed by atoms with E-state index in [1.165, 1.54) is 6.92 Å². The Morgan fingerprint density at radius 3 is 2.42 bits per heavy atom. The topological polar surface area (TPSA) is 89.8 Å². The van der Waals surface area contributed by atoms with Crippen molar-refractivity contribution in [3.63, 3.8) is 0 Å². The van der Waals surface area contributed by atoms with Crippen molar-refractivity contribution in [3.8, 4) is 11.5 Å². The van der Waals surface area contributed by atoms with E-state index in [0.29, 0.717) is 17.9 Å². The van der Waals surface area contributed by atoms with Crippen LogP contribution in [0.4, 0.5) is 0 Å². The summed E-state index contributed by atoms with van der Waals surface area (Å²) in [5.74, 6) is 1.54. The first-order valence-corrected chi connectivity index (χ1v) is 10.1. The Labute approximate surface area is 181 Å². The van der Waals surface area contributed by atoms with Crippen molar-refractivity contribution in [1.29, 1.82) is 0 Å². The summed E-state index contributed by atoms with van der Waals surface area (Å²) in [6.45, 7) is 5.20. The second-order valence-corrected chi connectivity index (χ2v) is 7.49. The molecule has 7 nitrogen and oxygen atoms in total. The van der Waals surface area contributed by atoms with Gasteiger partial charge in [-0.1, -0.05) is 12.1 Å². The number of carbonyl (C=O) groups is 2. The van der Waals surface area contributed by atoms with Crippen molar-refractivity contribution in [1.82, 2.24) is 10.6 Å². The van der Waals surface area contributed by atoms with Crippen molar-refractivity contribution in [2.45, 2.75) is 39.3 Å². The van der Waals surface area contributed by atoms with Crippen LogP contribution < -0.4 is 20.1 Å². The lowest BCUT2D eigenvalue weighted by Crippen LogP contribution is -2.48. The maximum Gasteiger partial charge on any atom is 0.243 e. The first kappa shape index (κ1) is 22.2. The van der Waals surface area contributed by atoms with Gasteiger partial charge in [-0.05, 0) is 49.7 Å². The smallest absolute Gasteiger partial charge is 0.243 e. The Kier molecular flexibility index (Phi) is 6.84. The summed E-state index contributed by atoms with van der Waals surface area (Å²) in [6.07, 6.45) is 0.339. The van der Waals surface area contributed by atoms with Crippen molar-refractivity contribution in [3.05, 3.63) is 59.4 Å². The third-order valence-corrected chi connectivity index (χ3v) is 5.20. The van der Waals surface area contributed by atoms with Gasteiger partial charge in [-0.2, -0.15) is 0 Å². The molecule has 2 amide bonds. The SMILES string of the molecule is COc1cccc(CC(NC(C)=O)C(=O)NC(C)c2oc3ccc(OC)cc3c2C)c1. The molecule has 0 radical (unpaired) electrons. The zero-order valence-corrected chi connectivity index (χ0v) is 18.4.